The Kier molecular flexibility index (Phi) is 73.9. The summed E-state index contributed by atoms with van der Waals surface area (Å²) in [6.07, 6.45) is 0. The van der Waals surface area contributed by atoms with Crippen LogP contribution in [-0.2, 0) is 134 Å². The van der Waals surface area contributed by atoms with Gasteiger partial charge in [-0.25, -0.2) is 0 Å². The van der Waals surface area contributed by atoms with E-state index in [1.807, 2.05) is 0 Å². The minimum absolute atomic E-state index is 0. The van der Waals surface area contributed by atoms with Crippen molar-refractivity contribution in [2.24, 2.45) is 0 Å². The summed E-state index contributed by atoms with van der Waals surface area (Å²) in [7, 11) is 9.52. The molecule has 0 aliphatic heterocycles. The summed E-state index contributed by atoms with van der Waals surface area (Å²) in [4.78, 5) is 64.9. The van der Waals surface area contributed by atoms with E-state index in [1.54, 1.807) is 85.1 Å². The number of hydrogen-bond acceptors (Lipinski definition) is 35. The van der Waals surface area contributed by atoms with Crippen LogP contribution in [0, 0.1) is 39.9 Å². The molecule has 3 aromatic carbocycles. The van der Waals surface area contributed by atoms with Gasteiger partial charge < -0.3 is 154 Å². The number of carboxylic acids is 4. The van der Waals surface area contributed by atoms with E-state index in [1.165, 1.54) is 9.80 Å². The van der Waals surface area contributed by atoms with Gasteiger partial charge in [-0.15, -0.1) is 0 Å². The first-order valence-corrected chi connectivity index (χ1v) is 38.2. The van der Waals surface area contributed by atoms with Crippen LogP contribution in [0.15, 0.2) is 42.5 Å². The molecule has 0 aliphatic rings. The van der Waals surface area contributed by atoms with Gasteiger partial charge in [0.1, 0.15) is 71.0 Å². The van der Waals surface area contributed by atoms with Crippen molar-refractivity contribution in [2.75, 3.05) is 339 Å². The number of carbonyl (C=O) groups is 5. The van der Waals surface area contributed by atoms with Crippen molar-refractivity contribution in [1.29, 1.82) is 0 Å². The van der Waals surface area contributed by atoms with E-state index in [0.717, 1.165) is 4.90 Å². The zero-order valence-corrected chi connectivity index (χ0v) is 71.3. The standard InChI is InChI=1S/C77H125N3O36.CH4.Gd.H2O/c1-90-11-17-96-23-29-102-35-41-108-67-49-63(50-68(109-42-36-103-30-24-97-18-12-91-2)76(67)112-45-39-106-33-27-100-21-15-94-5)59-114-65-47-62(61-116-75(89)58-80(57-74(87)88)10-8-78(54-71(81)82)7-9-79(55-72(83)84)56-73(85)86)48-66(53-65)115-60-64-51-69(110-43-37-104-31-25-98-19-13-92-3)77(113-46-40-107-34-28-101-22-16-95-6)70(52-64)111-44-38-105-32-26-99-20-14-93-4;;;/h47-53H,7-46,54-61H2,1-6H3,(H,81,82)(H,83,84)(H,85,86)(H,87,88);1H4;;1H2/q;;+3;. The number of carboxylic acid groups (broad SMARTS) is 4. The second-order valence-electron chi connectivity index (χ2n) is 24.6. The molecular formula is C78H131GdN3O37+3. The Labute approximate surface area is 729 Å². The van der Waals surface area contributed by atoms with Crippen molar-refractivity contribution in [3.05, 3.63) is 59.2 Å². The van der Waals surface area contributed by atoms with Crippen molar-refractivity contribution in [1.82, 2.24) is 14.7 Å². The third kappa shape index (κ3) is 60.9. The predicted octanol–water partition coefficient (Wildman–Crippen LogP) is 2.29. The molecule has 0 saturated heterocycles. The monoisotopic (exact) mass is 1860 g/mol. The molecule has 41 heteroatoms. The van der Waals surface area contributed by atoms with E-state index < -0.39 is 69.2 Å². The molecular weight excluding hydrogens is 1730 g/mol. The van der Waals surface area contributed by atoms with Crippen molar-refractivity contribution in [3.8, 4) is 46.0 Å². The zero-order chi connectivity index (χ0) is 84.0. The molecule has 0 aromatic heterocycles. The maximum Gasteiger partial charge on any atom is 3.00 e. The van der Waals surface area contributed by atoms with Crippen LogP contribution in [0.3, 0.4) is 0 Å². The van der Waals surface area contributed by atoms with Gasteiger partial charge in [-0.3, -0.25) is 38.7 Å². The van der Waals surface area contributed by atoms with Gasteiger partial charge in [-0.05, 0) is 53.1 Å². The number of aliphatic carboxylic acids is 4. The SMILES string of the molecule is C.COCCOCCOCCOc1cc(COc2cc(COC(=O)CN(CCN(CCN(CC(=O)O)CC(=O)O)CC(=O)O)CC(=O)O)cc(OCc3cc(OCCOCCOCCOC)c(OCCOCCOCCOC)c(OCCOCCOCCOC)c3)c2)cc(OCCOCCOCCOC)c1OCCOCCOCCOC.O.[Gd+3]. The normalized spacial score (nSPS) is 11.1. The summed E-state index contributed by atoms with van der Waals surface area (Å²) < 4.78 is 156. The molecule has 3 rings (SSSR count). The minimum Gasteiger partial charge on any atom is -0.489 e. The van der Waals surface area contributed by atoms with Gasteiger partial charge in [0.2, 0.25) is 11.5 Å². The summed E-state index contributed by atoms with van der Waals surface area (Å²) in [5.74, 6) is -4.02. The first-order valence-electron chi connectivity index (χ1n) is 38.2. The Morgan fingerprint density at radius 1 is 0.261 bits per heavy atom. The fraction of sp³-hybridized carbons (Fsp3) is 0.705. The van der Waals surface area contributed by atoms with Crippen LogP contribution in [0.4, 0.5) is 0 Å². The summed E-state index contributed by atoms with van der Waals surface area (Å²) in [5, 5.41) is 38.5. The summed E-state index contributed by atoms with van der Waals surface area (Å²) in [6, 6.07) is 11.8. The third-order valence-electron chi connectivity index (χ3n) is 15.3. The van der Waals surface area contributed by atoms with E-state index in [4.69, 9.17) is 128 Å². The van der Waals surface area contributed by atoms with Crippen molar-refractivity contribution >= 4 is 29.8 Å². The molecule has 119 heavy (non-hydrogen) atoms. The van der Waals surface area contributed by atoms with Crippen LogP contribution in [-0.4, -0.2) is 410 Å². The molecule has 685 valence electrons. The Balaban J connectivity index is 0.0000464. The number of esters is 1. The molecule has 0 atom stereocenters. The molecule has 0 aliphatic carbocycles. The molecule has 6 N–H and O–H groups in total. The minimum atomic E-state index is -1.31. The Morgan fingerprint density at radius 3 is 0.723 bits per heavy atom. The van der Waals surface area contributed by atoms with Gasteiger partial charge in [0.15, 0.2) is 23.0 Å². The number of rotatable bonds is 84. The van der Waals surface area contributed by atoms with E-state index in [0.29, 0.717) is 149 Å². The van der Waals surface area contributed by atoms with Crippen LogP contribution >= 0.6 is 0 Å². The van der Waals surface area contributed by atoms with Crippen LogP contribution < -0.4 is 37.9 Å². The first kappa shape index (κ1) is 113. The van der Waals surface area contributed by atoms with Crippen molar-refractivity contribution in [2.45, 2.75) is 27.2 Å². The Bertz CT molecular complexity index is 2770. The smallest absolute Gasteiger partial charge is 0.489 e. The van der Waals surface area contributed by atoms with Crippen LogP contribution in [0.5, 0.6) is 46.0 Å². The Morgan fingerprint density at radius 2 is 0.471 bits per heavy atom. The van der Waals surface area contributed by atoms with Gasteiger partial charge in [0, 0.05) is 74.9 Å². The second-order valence-corrected chi connectivity index (χ2v) is 24.6. The fourth-order valence-corrected chi connectivity index (χ4v) is 9.81. The maximum atomic E-state index is 13.9. The van der Waals surface area contributed by atoms with Gasteiger partial charge in [-0.1, -0.05) is 7.43 Å². The molecule has 0 saturated carbocycles. The molecule has 40 nitrogen and oxygen atoms in total. The van der Waals surface area contributed by atoms with Crippen LogP contribution in [0.25, 0.3) is 0 Å². The first-order chi connectivity index (χ1) is 56.6. The number of methoxy groups -OCH3 is 6. The summed E-state index contributed by atoms with van der Waals surface area (Å²) >= 11 is 0. The van der Waals surface area contributed by atoms with Crippen LogP contribution in [0.1, 0.15) is 24.1 Å². The van der Waals surface area contributed by atoms with Crippen molar-refractivity contribution < 1.29 is 218 Å². The molecule has 3 aromatic rings. The number of hydrogen-bond donors (Lipinski definition) is 4. The van der Waals surface area contributed by atoms with Crippen molar-refractivity contribution in [3.63, 3.8) is 0 Å². The number of ether oxygens (including phenoxy) is 27. The van der Waals surface area contributed by atoms with E-state index >= 15 is 0 Å². The molecule has 0 heterocycles. The number of carbonyl (C=O) groups excluding carboxylic acids is 1. The summed E-state index contributed by atoms with van der Waals surface area (Å²) in [6.45, 7) is 5.84. The predicted molar refractivity (Wildman–Crippen MR) is 422 cm³/mol. The molecule has 0 unspecified atom stereocenters. The molecule has 0 spiro atoms. The topological polar surface area (TPSA) is 457 Å². The molecule has 0 fully saturated rings. The number of benzene rings is 3. The van der Waals surface area contributed by atoms with E-state index in [9.17, 15) is 44.4 Å². The zero-order valence-electron chi connectivity index (χ0n) is 69.0. The average molecular weight is 1860 g/mol. The molecule has 0 bridgehead atoms. The van der Waals surface area contributed by atoms with Gasteiger partial charge >= 0.3 is 69.8 Å². The molecule has 0 amide bonds. The second kappa shape index (κ2) is 77.9. The Hall–Kier alpha value is -6.15. The van der Waals surface area contributed by atoms with Crippen LogP contribution in [0.2, 0.25) is 0 Å². The summed E-state index contributed by atoms with van der Waals surface area (Å²) in [5.41, 5.74) is 1.41. The maximum absolute atomic E-state index is 13.9. The van der Waals surface area contributed by atoms with Gasteiger partial charge in [0.05, 0.1) is 231 Å². The largest absolute Gasteiger partial charge is 3.00 e. The van der Waals surface area contributed by atoms with E-state index in [-0.39, 0.29) is 244 Å². The van der Waals surface area contributed by atoms with E-state index in [2.05, 4.69) is 0 Å². The van der Waals surface area contributed by atoms with Gasteiger partial charge in [0.25, 0.3) is 0 Å². The molecule has 1 radical (unpaired) electrons. The third-order valence-corrected chi connectivity index (χ3v) is 15.3. The average Bonchev–Trinajstić information content (AvgIpc) is 0.825. The quantitative estimate of drug-likeness (QED) is 0.0465. The number of nitrogens with zero attached hydrogens (tertiary/aromatic N) is 3. The fourth-order valence-electron chi connectivity index (χ4n) is 9.81. The van der Waals surface area contributed by atoms with Gasteiger partial charge in [-0.2, -0.15) is 0 Å².